The molecule has 0 aliphatic rings. The summed E-state index contributed by atoms with van der Waals surface area (Å²) in [6, 6.07) is 56.3. The van der Waals surface area contributed by atoms with E-state index in [0.717, 1.165) is 82.4 Å². The number of hydrogen-bond donors (Lipinski definition) is 0. The first-order valence-electron chi connectivity index (χ1n) is 17.2. The summed E-state index contributed by atoms with van der Waals surface area (Å²) in [4.78, 5) is 15.3. The summed E-state index contributed by atoms with van der Waals surface area (Å²) < 4.78 is 20.5. The summed E-state index contributed by atoms with van der Waals surface area (Å²) in [6.07, 6.45) is 0. The average molecular weight is 670 g/mol. The van der Waals surface area contributed by atoms with Crippen LogP contribution in [0.5, 0.6) is 0 Å². The van der Waals surface area contributed by atoms with Gasteiger partial charge in [0.2, 0.25) is 0 Å². The average Bonchev–Trinajstić information content (AvgIpc) is 3.59. The van der Waals surface area contributed by atoms with Crippen LogP contribution in [-0.2, 0) is 0 Å². The van der Waals surface area contributed by atoms with Crippen molar-refractivity contribution in [2.24, 2.45) is 0 Å². The lowest BCUT2D eigenvalue weighted by molar-refractivity contribution is 0.628. The molecule has 0 saturated carbocycles. The van der Waals surface area contributed by atoms with E-state index in [0.29, 0.717) is 17.5 Å². The number of nitrogens with zero attached hydrogens (tertiary/aromatic N) is 3. The van der Waals surface area contributed by atoms with Crippen molar-refractivity contribution >= 4 is 43.5 Å². The summed E-state index contributed by atoms with van der Waals surface area (Å²) in [6.45, 7) is 0. The highest BCUT2D eigenvalue weighted by atomic mass is 19.1. The van der Waals surface area contributed by atoms with E-state index in [9.17, 15) is 4.39 Å². The van der Waals surface area contributed by atoms with Gasteiger partial charge >= 0.3 is 0 Å². The third-order valence-electron chi connectivity index (χ3n) is 9.81. The van der Waals surface area contributed by atoms with Crippen molar-refractivity contribution in [1.29, 1.82) is 0 Å². The zero-order valence-electron chi connectivity index (χ0n) is 27.8. The SMILES string of the molecule is Fc1ccc(-c2cc3c4cc(-c5nc(-c6ccc(-c7ccccc7)cc6)nc(-c6cccc7ccccc67)n5)ccc4oc3c3ccccc23)cc1. The molecule has 5 heteroatoms. The zero-order valence-corrected chi connectivity index (χ0v) is 27.8. The fourth-order valence-corrected chi connectivity index (χ4v) is 7.22. The molecule has 0 saturated heterocycles. The quantitative estimate of drug-likeness (QED) is 0.183. The van der Waals surface area contributed by atoms with Gasteiger partial charge in [-0.25, -0.2) is 19.3 Å². The Morgan fingerprint density at radius 2 is 0.962 bits per heavy atom. The first kappa shape index (κ1) is 29.9. The number of benzene rings is 8. The topological polar surface area (TPSA) is 51.8 Å². The maximum absolute atomic E-state index is 13.9. The minimum Gasteiger partial charge on any atom is -0.455 e. The number of aromatic nitrogens is 3. The van der Waals surface area contributed by atoms with E-state index < -0.39 is 0 Å². The monoisotopic (exact) mass is 669 g/mol. The Morgan fingerprint density at radius 1 is 0.365 bits per heavy atom. The van der Waals surface area contributed by atoms with Crippen molar-refractivity contribution in [2.45, 2.75) is 0 Å². The first-order chi connectivity index (χ1) is 25.7. The third-order valence-corrected chi connectivity index (χ3v) is 9.81. The number of hydrogen-bond acceptors (Lipinski definition) is 4. The van der Waals surface area contributed by atoms with Gasteiger partial charge in [0, 0.05) is 32.8 Å². The molecular weight excluding hydrogens is 642 g/mol. The van der Waals surface area contributed by atoms with E-state index in [1.165, 1.54) is 12.1 Å². The van der Waals surface area contributed by atoms with Crippen molar-refractivity contribution in [3.05, 3.63) is 176 Å². The van der Waals surface area contributed by atoms with Crippen LogP contribution >= 0.6 is 0 Å². The van der Waals surface area contributed by atoms with Gasteiger partial charge in [0.25, 0.3) is 0 Å². The molecule has 0 radical (unpaired) electrons. The highest BCUT2D eigenvalue weighted by Gasteiger charge is 2.18. The Labute approximate surface area is 298 Å². The van der Waals surface area contributed by atoms with Gasteiger partial charge in [-0.1, -0.05) is 133 Å². The molecule has 0 bridgehead atoms. The normalized spacial score (nSPS) is 11.6. The van der Waals surface area contributed by atoms with Crippen LogP contribution in [0.4, 0.5) is 4.39 Å². The van der Waals surface area contributed by atoms with Crippen molar-refractivity contribution < 1.29 is 8.81 Å². The van der Waals surface area contributed by atoms with E-state index in [2.05, 4.69) is 84.9 Å². The fourth-order valence-electron chi connectivity index (χ4n) is 7.22. The fraction of sp³-hybridized carbons (Fsp3) is 0. The predicted molar refractivity (Wildman–Crippen MR) is 209 cm³/mol. The lowest BCUT2D eigenvalue weighted by atomic mass is 9.95. The number of halogens is 1. The number of fused-ring (bicyclic) bond motifs is 6. The lowest BCUT2D eigenvalue weighted by Gasteiger charge is -2.11. The molecule has 2 heterocycles. The summed E-state index contributed by atoms with van der Waals surface area (Å²) in [5.41, 5.74) is 8.47. The molecule has 0 amide bonds. The standard InChI is InChI=1S/C47H28FN3O/c48-35-24-21-32(22-25-35)40-28-42-41-27-34(23-26-43(41)52-44(42)38-15-7-6-14-37(38)40)46-49-45(33-19-17-30(18-20-33)29-9-2-1-3-10-29)50-47(51-46)39-16-8-12-31-11-4-5-13-36(31)39/h1-28H. The van der Waals surface area contributed by atoms with Crippen molar-refractivity contribution in [3.63, 3.8) is 0 Å². The van der Waals surface area contributed by atoms with Crippen LogP contribution in [0.15, 0.2) is 174 Å². The molecule has 0 fully saturated rings. The molecule has 0 unspecified atom stereocenters. The maximum atomic E-state index is 13.9. The molecule has 52 heavy (non-hydrogen) atoms. The molecule has 8 aromatic carbocycles. The van der Waals surface area contributed by atoms with Gasteiger partial charge in [0.1, 0.15) is 17.0 Å². The summed E-state index contributed by atoms with van der Waals surface area (Å²) in [5.74, 6) is 1.50. The molecule has 244 valence electrons. The van der Waals surface area contributed by atoms with Gasteiger partial charge in [0.15, 0.2) is 17.5 Å². The van der Waals surface area contributed by atoms with Crippen LogP contribution in [0.1, 0.15) is 0 Å². The Bertz CT molecular complexity index is 2950. The minimum absolute atomic E-state index is 0.265. The molecule has 10 rings (SSSR count). The van der Waals surface area contributed by atoms with Gasteiger partial charge in [-0.2, -0.15) is 0 Å². The maximum Gasteiger partial charge on any atom is 0.164 e. The van der Waals surface area contributed by atoms with Crippen LogP contribution in [0.3, 0.4) is 0 Å². The van der Waals surface area contributed by atoms with E-state index >= 15 is 0 Å². The molecule has 10 aromatic rings. The Hall–Kier alpha value is -6.98. The number of furan rings is 1. The molecule has 2 aromatic heterocycles. The minimum atomic E-state index is -0.265. The van der Waals surface area contributed by atoms with Gasteiger partial charge in [-0.15, -0.1) is 0 Å². The Balaban J connectivity index is 1.17. The summed E-state index contributed by atoms with van der Waals surface area (Å²) in [5, 5.41) is 6.14. The van der Waals surface area contributed by atoms with Crippen LogP contribution in [-0.4, -0.2) is 15.0 Å². The molecule has 0 spiro atoms. The third kappa shape index (κ3) is 5.10. The van der Waals surface area contributed by atoms with Gasteiger partial charge < -0.3 is 4.42 Å². The van der Waals surface area contributed by atoms with Crippen molar-refractivity contribution in [3.8, 4) is 56.4 Å². The highest BCUT2D eigenvalue weighted by molar-refractivity contribution is 6.19. The zero-order chi connectivity index (χ0) is 34.6. The summed E-state index contributed by atoms with van der Waals surface area (Å²) >= 11 is 0. The second-order valence-corrected chi connectivity index (χ2v) is 12.9. The molecule has 4 nitrogen and oxygen atoms in total. The molecule has 0 atom stereocenters. The molecule has 0 aliphatic heterocycles. The van der Waals surface area contributed by atoms with E-state index in [4.69, 9.17) is 19.4 Å². The highest BCUT2D eigenvalue weighted by Crippen LogP contribution is 2.41. The Kier molecular flexibility index (Phi) is 6.96. The smallest absolute Gasteiger partial charge is 0.164 e. The van der Waals surface area contributed by atoms with Gasteiger partial charge in [-0.3, -0.25) is 0 Å². The van der Waals surface area contributed by atoms with Crippen LogP contribution in [0.2, 0.25) is 0 Å². The molecule has 0 N–H and O–H groups in total. The van der Waals surface area contributed by atoms with Gasteiger partial charge in [0.05, 0.1) is 0 Å². The van der Waals surface area contributed by atoms with Crippen LogP contribution in [0, 0.1) is 5.82 Å². The van der Waals surface area contributed by atoms with Crippen LogP contribution < -0.4 is 0 Å². The van der Waals surface area contributed by atoms with Crippen molar-refractivity contribution in [1.82, 2.24) is 15.0 Å². The number of rotatable bonds is 5. The van der Waals surface area contributed by atoms with E-state index in [-0.39, 0.29) is 5.82 Å². The van der Waals surface area contributed by atoms with Crippen molar-refractivity contribution in [2.75, 3.05) is 0 Å². The second kappa shape index (κ2) is 12.1. The van der Waals surface area contributed by atoms with Crippen LogP contribution in [0.25, 0.3) is 99.9 Å². The van der Waals surface area contributed by atoms with E-state index in [1.807, 2.05) is 72.8 Å². The summed E-state index contributed by atoms with van der Waals surface area (Å²) in [7, 11) is 0. The first-order valence-corrected chi connectivity index (χ1v) is 17.2. The molecular formula is C47H28FN3O. The lowest BCUT2D eigenvalue weighted by Crippen LogP contribution is -2.00. The molecule has 0 aliphatic carbocycles. The largest absolute Gasteiger partial charge is 0.455 e. The predicted octanol–water partition coefficient (Wildman–Crippen LogP) is 12.6. The Morgan fingerprint density at radius 3 is 1.77 bits per heavy atom. The van der Waals surface area contributed by atoms with E-state index in [1.54, 1.807) is 0 Å². The second-order valence-electron chi connectivity index (χ2n) is 12.9. The van der Waals surface area contributed by atoms with Gasteiger partial charge in [-0.05, 0) is 74.8 Å².